The zero-order valence-corrected chi connectivity index (χ0v) is 11.3. The average molecular weight is 320 g/mol. The standard InChI is InChI=1S/C13H12F4N2O3/c1-22-9-5-3-2-4-7(9)11(20)19-13(21,12(16)17)6-8(18-19)10(14)15/h2-5,10,12,21H,6H2,1H3/t13-/m0/s1. The molecule has 22 heavy (non-hydrogen) atoms. The number of halogens is 4. The first-order valence-electron chi connectivity index (χ1n) is 6.15. The first-order chi connectivity index (χ1) is 10.3. The maximum absolute atomic E-state index is 13.1. The van der Waals surface area contributed by atoms with Gasteiger partial charge in [0.1, 0.15) is 11.5 Å². The number of benzene rings is 1. The van der Waals surface area contributed by atoms with Crippen molar-refractivity contribution in [1.29, 1.82) is 0 Å². The molecule has 0 radical (unpaired) electrons. The van der Waals surface area contributed by atoms with E-state index in [0.717, 1.165) is 0 Å². The van der Waals surface area contributed by atoms with Gasteiger partial charge in [0.2, 0.25) is 5.72 Å². The number of rotatable bonds is 4. The summed E-state index contributed by atoms with van der Waals surface area (Å²) in [4.78, 5) is 12.3. The van der Waals surface area contributed by atoms with Crippen molar-refractivity contribution in [3.05, 3.63) is 29.8 Å². The van der Waals surface area contributed by atoms with Crippen LogP contribution in [-0.2, 0) is 0 Å². The van der Waals surface area contributed by atoms with E-state index in [4.69, 9.17) is 4.74 Å². The highest BCUT2D eigenvalue weighted by atomic mass is 19.3. The third-order valence-electron chi connectivity index (χ3n) is 3.17. The van der Waals surface area contributed by atoms with Crippen LogP contribution in [0.5, 0.6) is 5.75 Å². The molecule has 1 aromatic rings. The number of ether oxygens (including phenoxy) is 1. The number of carbonyl (C=O) groups excluding carboxylic acids is 1. The van der Waals surface area contributed by atoms with Crippen LogP contribution in [0.1, 0.15) is 16.8 Å². The molecular formula is C13H12F4N2O3. The van der Waals surface area contributed by atoms with Gasteiger partial charge < -0.3 is 9.84 Å². The highest BCUT2D eigenvalue weighted by Gasteiger charge is 2.53. The van der Waals surface area contributed by atoms with E-state index in [2.05, 4.69) is 5.10 Å². The predicted molar refractivity (Wildman–Crippen MR) is 68.2 cm³/mol. The van der Waals surface area contributed by atoms with Crippen molar-refractivity contribution in [2.75, 3.05) is 7.11 Å². The van der Waals surface area contributed by atoms with Crippen LogP contribution in [0.15, 0.2) is 29.4 Å². The van der Waals surface area contributed by atoms with E-state index in [9.17, 15) is 27.5 Å². The van der Waals surface area contributed by atoms with Crippen LogP contribution in [0.2, 0.25) is 0 Å². The van der Waals surface area contributed by atoms with Gasteiger partial charge in [-0.25, -0.2) is 17.6 Å². The lowest BCUT2D eigenvalue weighted by Gasteiger charge is -2.30. The summed E-state index contributed by atoms with van der Waals surface area (Å²) in [5.74, 6) is -1.11. The summed E-state index contributed by atoms with van der Waals surface area (Å²) >= 11 is 0. The van der Waals surface area contributed by atoms with Crippen LogP contribution in [0.25, 0.3) is 0 Å². The number of hydrogen-bond donors (Lipinski definition) is 1. The Hall–Kier alpha value is -2.16. The number of para-hydroxylation sites is 1. The van der Waals surface area contributed by atoms with E-state index in [-0.39, 0.29) is 16.3 Å². The number of amides is 1. The molecule has 1 aliphatic rings. The second-order valence-electron chi connectivity index (χ2n) is 4.57. The fourth-order valence-corrected chi connectivity index (χ4v) is 2.04. The molecule has 5 nitrogen and oxygen atoms in total. The van der Waals surface area contributed by atoms with Crippen molar-refractivity contribution in [3.8, 4) is 5.75 Å². The van der Waals surface area contributed by atoms with Gasteiger partial charge in [-0.2, -0.15) is 10.1 Å². The molecule has 0 saturated heterocycles. The molecular weight excluding hydrogens is 308 g/mol. The second-order valence-corrected chi connectivity index (χ2v) is 4.57. The van der Waals surface area contributed by atoms with E-state index < -0.39 is 36.6 Å². The van der Waals surface area contributed by atoms with Gasteiger partial charge in [0.15, 0.2) is 0 Å². The maximum atomic E-state index is 13.1. The van der Waals surface area contributed by atoms with Crippen molar-refractivity contribution in [3.63, 3.8) is 0 Å². The molecule has 0 unspecified atom stereocenters. The van der Waals surface area contributed by atoms with Gasteiger partial charge in [-0.05, 0) is 12.1 Å². The molecule has 0 aromatic heterocycles. The Morgan fingerprint density at radius 1 is 1.36 bits per heavy atom. The zero-order chi connectivity index (χ0) is 16.5. The van der Waals surface area contributed by atoms with E-state index in [1.54, 1.807) is 0 Å². The van der Waals surface area contributed by atoms with E-state index in [1.807, 2.05) is 0 Å². The molecule has 0 bridgehead atoms. The summed E-state index contributed by atoms with van der Waals surface area (Å²) in [7, 11) is 1.25. The molecule has 1 amide bonds. The summed E-state index contributed by atoms with van der Waals surface area (Å²) < 4.78 is 56.4. The third-order valence-corrected chi connectivity index (χ3v) is 3.17. The maximum Gasteiger partial charge on any atom is 0.287 e. The Bertz CT molecular complexity index is 609. The van der Waals surface area contributed by atoms with Crippen LogP contribution in [0.3, 0.4) is 0 Å². The molecule has 2 rings (SSSR count). The lowest BCUT2D eigenvalue weighted by molar-refractivity contribution is -0.164. The Kier molecular flexibility index (Phi) is 4.36. The van der Waals surface area contributed by atoms with Crippen LogP contribution >= 0.6 is 0 Å². The topological polar surface area (TPSA) is 62.1 Å². The highest BCUT2D eigenvalue weighted by Crippen LogP contribution is 2.35. The molecule has 1 aliphatic heterocycles. The van der Waals surface area contributed by atoms with Crippen LogP contribution in [0.4, 0.5) is 17.6 Å². The molecule has 0 fully saturated rings. The monoisotopic (exact) mass is 320 g/mol. The molecule has 120 valence electrons. The molecule has 9 heteroatoms. The SMILES string of the molecule is COc1ccccc1C(=O)N1N=C(C(F)F)C[C@]1(O)C(F)F. The Labute approximate surface area is 122 Å². The minimum Gasteiger partial charge on any atom is -0.496 e. The summed E-state index contributed by atoms with van der Waals surface area (Å²) in [6.45, 7) is 0. The Morgan fingerprint density at radius 3 is 2.55 bits per heavy atom. The van der Waals surface area contributed by atoms with Crippen LogP contribution < -0.4 is 4.74 Å². The van der Waals surface area contributed by atoms with Gasteiger partial charge in [-0.3, -0.25) is 4.79 Å². The van der Waals surface area contributed by atoms with Gasteiger partial charge in [-0.15, -0.1) is 0 Å². The number of hydrogen-bond acceptors (Lipinski definition) is 4. The van der Waals surface area contributed by atoms with Gasteiger partial charge in [-0.1, -0.05) is 12.1 Å². The number of carbonyl (C=O) groups is 1. The number of nitrogens with zero attached hydrogens (tertiary/aromatic N) is 2. The highest BCUT2D eigenvalue weighted by molar-refractivity contribution is 6.00. The minimum absolute atomic E-state index is 0.00296. The second kappa shape index (κ2) is 5.91. The van der Waals surface area contributed by atoms with Gasteiger partial charge in [0.05, 0.1) is 12.7 Å². The largest absolute Gasteiger partial charge is 0.496 e. The van der Waals surface area contributed by atoms with Crippen molar-refractivity contribution in [2.45, 2.75) is 25.0 Å². The van der Waals surface area contributed by atoms with Crippen molar-refractivity contribution in [2.24, 2.45) is 5.10 Å². The van der Waals surface area contributed by atoms with Gasteiger partial charge >= 0.3 is 0 Å². The summed E-state index contributed by atoms with van der Waals surface area (Å²) in [6, 6.07) is 5.61. The summed E-state index contributed by atoms with van der Waals surface area (Å²) in [5, 5.41) is 13.1. The van der Waals surface area contributed by atoms with E-state index >= 15 is 0 Å². The molecule has 1 atom stereocenters. The van der Waals surface area contributed by atoms with Crippen LogP contribution in [0, 0.1) is 0 Å². The number of alkyl halides is 4. The fourth-order valence-electron chi connectivity index (χ4n) is 2.04. The number of methoxy groups -OCH3 is 1. The lowest BCUT2D eigenvalue weighted by atomic mass is 10.1. The molecule has 1 N–H and O–H groups in total. The van der Waals surface area contributed by atoms with Gasteiger partial charge in [0.25, 0.3) is 18.8 Å². The minimum atomic E-state index is -3.47. The Balaban J connectivity index is 2.45. The first-order valence-corrected chi connectivity index (χ1v) is 6.15. The van der Waals surface area contributed by atoms with Crippen molar-refractivity contribution < 1.29 is 32.2 Å². The van der Waals surface area contributed by atoms with Crippen molar-refractivity contribution in [1.82, 2.24) is 5.01 Å². The quantitative estimate of drug-likeness (QED) is 0.865. The van der Waals surface area contributed by atoms with Crippen molar-refractivity contribution >= 4 is 11.6 Å². The fraction of sp³-hybridized carbons (Fsp3) is 0.385. The van der Waals surface area contributed by atoms with Crippen LogP contribution in [-0.4, -0.2) is 47.4 Å². The average Bonchev–Trinajstić information content (AvgIpc) is 2.86. The Morgan fingerprint density at radius 2 is 2.00 bits per heavy atom. The molecule has 1 heterocycles. The molecule has 0 saturated carbocycles. The molecule has 1 aromatic carbocycles. The number of aliphatic hydroxyl groups is 1. The van der Waals surface area contributed by atoms with E-state index in [0.29, 0.717) is 0 Å². The predicted octanol–water partition coefficient (Wildman–Crippen LogP) is 2.12. The summed E-state index contributed by atoms with van der Waals surface area (Å²) in [5.41, 5.74) is -4.27. The first kappa shape index (κ1) is 16.2. The number of hydrazone groups is 1. The summed E-state index contributed by atoms with van der Waals surface area (Å²) in [6.07, 6.45) is -7.74. The normalized spacial score (nSPS) is 21.5. The molecule has 0 aliphatic carbocycles. The molecule has 0 spiro atoms. The smallest absolute Gasteiger partial charge is 0.287 e. The van der Waals surface area contributed by atoms with E-state index in [1.165, 1.54) is 31.4 Å². The zero-order valence-electron chi connectivity index (χ0n) is 11.3. The van der Waals surface area contributed by atoms with Gasteiger partial charge in [0, 0.05) is 6.42 Å². The lowest BCUT2D eigenvalue weighted by Crippen LogP contribution is -2.51. The third kappa shape index (κ3) is 2.63.